The van der Waals surface area contributed by atoms with Crippen molar-refractivity contribution in [1.29, 1.82) is 0 Å². The summed E-state index contributed by atoms with van der Waals surface area (Å²) in [5, 5.41) is 23.0. The van der Waals surface area contributed by atoms with E-state index in [1.165, 1.54) is 20.3 Å². The Morgan fingerprint density at radius 2 is 1.96 bits per heavy atom. The van der Waals surface area contributed by atoms with Crippen LogP contribution in [0, 0.1) is 10.1 Å². The Morgan fingerprint density at radius 3 is 2.60 bits per heavy atom. The second-order valence-corrected chi connectivity index (χ2v) is 5.57. The molecule has 3 rings (SSSR count). The third-order valence-corrected chi connectivity index (χ3v) is 4.03. The van der Waals surface area contributed by atoms with Gasteiger partial charge in [0.1, 0.15) is 6.20 Å². The van der Waals surface area contributed by atoms with E-state index in [9.17, 15) is 15.2 Å². The zero-order valence-electron chi connectivity index (χ0n) is 13.3. The summed E-state index contributed by atoms with van der Waals surface area (Å²) < 4.78 is 10.3. The second-order valence-electron chi connectivity index (χ2n) is 5.13. The van der Waals surface area contributed by atoms with Crippen molar-refractivity contribution in [3.05, 3.63) is 51.7 Å². The lowest BCUT2D eigenvalue weighted by Gasteiger charge is -2.14. The first kappa shape index (κ1) is 16.8. The molecule has 0 aliphatic rings. The largest absolute Gasteiger partial charge is 0.504 e. The number of ether oxygens (including phenoxy) is 2. The number of aromatic nitrogens is 1. The molecule has 128 valence electrons. The van der Waals surface area contributed by atoms with Crippen molar-refractivity contribution in [2.45, 2.75) is 0 Å². The van der Waals surface area contributed by atoms with Crippen LogP contribution in [0.4, 0.5) is 5.69 Å². The molecule has 25 heavy (non-hydrogen) atoms. The molecule has 0 unspecified atom stereocenters. The number of phenolic OH excluding ortho intramolecular Hbond substituents is 1. The Bertz CT molecular complexity index is 990. The number of nitrogens with zero attached hydrogens (tertiary/aromatic N) is 2. The number of methoxy groups -OCH3 is 2. The molecule has 0 radical (unpaired) electrons. The van der Waals surface area contributed by atoms with Gasteiger partial charge in [-0.3, -0.25) is 10.1 Å². The third kappa shape index (κ3) is 2.78. The van der Waals surface area contributed by atoms with Crippen LogP contribution in [-0.2, 0) is 0 Å². The minimum Gasteiger partial charge on any atom is -0.504 e. The maximum atomic E-state index is 11.5. The van der Waals surface area contributed by atoms with Crippen LogP contribution in [0.25, 0.3) is 22.0 Å². The van der Waals surface area contributed by atoms with Crippen molar-refractivity contribution in [3.63, 3.8) is 0 Å². The fraction of sp³-hybridized carbons (Fsp3) is 0.118. The summed E-state index contributed by atoms with van der Waals surface area (Å²) in [4.78, 5) is 15.0. The van der Waals surface area contributed by atoms with Crippen molar-refractivity contribution in [1.82, 2.24) is 4.98 Å². The van der Waals surface area contributed by atoms with E-state index in [1.54, 1.807) is 24.3 Å². The van der Waals surface area contributed by atoms with Crippen molar-refractivity contribution < 1.29 is 19.5 Å². The maximum absolute atomic E-state index is 11.5. The molecular formula is C17H13ClN2O5. The van der Waals surface area contributed by atoms with Gasteiger partial charge in [0.15, 0.2) is 11.5 Å². The predicted molar refractivity (Wildman–Crippen MR) is 93.6 cm³/mol. The highest BCUT2D eigenvalue weighted by Gasteiger charge is 2.25. The fourth-order valence-electron chi connectivity index (χ4n) is 2.69. The third-order valence-electron chi connectivity index (χ3n) is 3.80. The monoisotopic (exact) mass is 360 g/mol. The van der Waals surface area contributed by atoms with E-state index < -0.39 is 4.92 Å². The van der Waals surface area contributed by atoms with E-state index in [0.29, 0.717) is 21.7 Å². The number of fused-ring (bicyclic) bond motifs is 1. The van der Waals surface area contributed by atoms with Crippen molar-refractivity contribution >= 4 is 28.2 Å². The number of hydrogen-bond donors (Lipinski definition) is 1. The number of benzene rings is 2. The van der Waals surface area contributed by atoms with Crippen LogP contribution in [-0.4, -0.2) is 29.2 Å². The van der Waals surface area contributed by atoms with Crippen molar-refractivity contribution in [2.75, 3.05) is 14.2 Å². The summed E-state index contributed by atoms with van der Waals surface area (Å²) >= 11 is 6.05. The lowest BCUT2D eigenvalue weighted by molar-refractivity contribution is -0.384. The molecule has 0 bridgehead atoms. The van der Waals surface area contributed by atoms with Gasteiger partial charge in [-0.1, -0.05) is 11.6 Å². The van der Waals surface area contributed by atoms with Crippen LogP contribution in [0.5, 0.6) is 17.2 Å². The normalized spacial score (nSPS) is 10.7. The summed E-state index contributed by atoms with van der Waals surface area (Å²) in [5.74, 6) is 0.126. The molecule has 0 atom stereocenters. The molecule has 0 spiro atoms. The van der Waals surface area contributed by atoms with Gasteiger partial charge in [0.2, 0.25) is 5.75 Å². The average molecular weight is 361 g/mol. The molecule has 3 aromatic rings. The highest BCUT2D eigenvalue weighted by Crippen LogP contribution is 2.47. The summed E-state index contributed by atoms with van der Waals surface area (Å²) in [6.45, 7) is 0. The molecule has 2 aromatic carbocycles. The molecule has 0 saturated heterocycles. The lowest BCUT2D eigenvalue weighted by atomic mass is 9.98. The lowest BCUT2D eigenvalue weighted by Crippen LogP contribution is -1.97. The van der Waals surface area contributed by atoms with Gasteiger partial charge in [-0.25, -0.2) is 4.98 Å². The van der Waals surface area contributed by atoms with Crippen LogP contribution >= 0.6 is 11.6 Å². The number of hydrogen-bond acceptors (Lipinski definition) is 6. The first-order valence-corrected chi connectivity index (χ1v) is 7.52. The number of phenols is 1. The SMILES string of the molecule is COc1ccc(-c2c([N+](=O)[O-])cnc3ccc(Cl)cc23)c(O)c1OC. The molecule has 1 N–H and O–H groups in total. The number of aromatic hydroxyl groups is 1. The van der Waals surface area contributed by atoms with E-state index in [-0.39, 0.29) is 28.3 Å². The fourth-order valence-corrected chi connectivity index (χ4v) is 2.86. The van der Waals surface area contributed by atoms with Gasteiger partial charge in [-0.05, 0) is 30.3 Å². The molecule has 1 aromatic heterocycles. The van der Waals surface area contributed by atoms with E-state index >= 15 is 0 Å². The van der Waals surface area contributed by atoms with Gasteiger partial charge in [0.05, 0.1) is 30.2 Å². The Kier molecular flexibility index (Phi) is 4.33. The van der Waals surface area contributed by atoms with E-state index in [4.69, 9.17) is 21.1 Å². The minimum absolute atomic E-state index is 0.0845. The molecule has 1 heterocycles. The summed E-state index contributed by atoms with van der Waals surface area (Å²) in [6, 6.07) is 7.96. The Balaban J connectivity index is 2.44. The summed E-state index contributed by atoms with van der Waals surface area (Å²) in [7, 11) is 2.80. The summed E-state index contributed by atoms with van der Waals surface area (Å²) in [5.41, 5.74) is 0.687. The molecule has 0 amide bonds. The van der Waals surface area contributed by atoms with Crippen LogP contribution < -0.4 is 9.47 Å². The first-order chi connectivity index (χ1) is 12.0. The van der Waals surface area contributed by atoms with Crippen molar-refractivity contribution in [3.8, 4) is 28.4 Å². The minimum atomic E-state index is -0.557. The van der Waals surface area contributed by atoms with Gasteiger partial charge in [-0.15, -0.1) is 0 Å². The number of nitro groups is 1. The molecule has 8 heteroatoms. The molecule has 7 nitrogen and oxygen atoms in total. The zero-order valence-corrected chi connectivity index (χ0v) is 14.1. The number of rotatable bonds is 4. The van der Waals surface area contributed by atoms with Crippen LogP contribution in [0.3, 0.4) is 0 Å². The Hall–Kier alpha value is -3.06. The van der Waals surface area contributed by atoms with E-state index in [1.807, 2.05) is 0 Å². The quantitative estimate of drug-likeness (QED) is 0.553. The van der Waals surface area contributed by atoms with E-state index in [0.717, 1.165) is 6.20 Å². The molecule has 0 fully saturated rings. The predicted octanol–water partition coefficient (Wildman–Crippen LogP) is 4.19. The van der Waals surface area contributed by atoms with Crippen LogP contribution in [0.2, 0.25) is 5.02 Å². The smallest absolute Gasteiger partial charge is 0.296 e. The molecule has 0 saturated carbocycles. The first-order valence-electron chi connectivity index (χ1n) is 7.15. The molecule has 0 aliphatic heterocycles. The van der Waals surface area contributed by atoms with Gasteiger partial charge < -0.3 is 14.6 Å². The topological polar surface area (TPSA) is 94.7 Å². The Labute approximate surface area is 147 Å². The van der Waals surface area contributed by atoms with Gasteiger partial charge in [-0.2, -0.15) is 0 Å². The van der Waals surface area contributed by atoms with Gasteiger partial charge >= 0.3 is 0 Å². The highest BCUT2D eigenvalue weighted by atomic mass is 35.5. The average Bonchev–Trinajstić information content (AvgIpc) is 2.60. The van der Waals surface area contributed by atoms with E-state index in [2.05, 4.69) is 4.98 Å². The summed E-state index contributed by atoms with van der Waals surface area (Å²) in [6.07, 6.45) is 1.15. The van der Waals surface area contributed by atoms with Crippen molar-refractivity contribution in [2.24, 2.45) is 0 Å². The standard InChI is InChI=1S/C17H13ClN2O5/c1-24-14-6-4-10(16(21)17(14)25-2)15-11-7-9(18)3-5-12(11)19-8-13(15)20(22)23/h3-8,21H,1-2H3. The second kappa shape index (κ2) is 6.45. The molecule has 0 aliphatic carbocycles. The van der Waals surface area contributed by atoms with Crippen LogP contribution in [0.1, 0.15) is 0 Å². The zero-order chi connectivity index (χ0) is 18.1. The molecular weight excluding hydrogens is 348 g/mol. The Morgan fingerprint density at radius 1 is 1.20 bits per heavy atom. The number of halogens is 1. The van der Waals surface area contributed by atoms with Gasteiger partial charge in [0, 0.05) is 16.0 Å². The maximum Gasteiger partial charge on any atom is 0.296 e. The number of pyridine rings is 1. The van der Waals surface area contributed by atoms with Gasteiger partial charge in [0.25, 0.3) is 5.69 Å². The van der Waals surface area contributed by atoms with Crippen LogP contribution in [0.15, 0.2) is 36.5 Å². The highest BCUT2D eigenvalue weighted by molar-refractivity contribution is 6.31.